The van der Waals surface area contributed by atoms with Crippen LogP contribution >= 0.6 is 0 Å². The van der Waals surface area contributed by atoms with E-state index in [1.807, 2.05) is 0 Å². The lowest BCUT2D eigenvalue weighted by molar-refractivity contribution is -0.302. The minimum absolute atomic E-state index is 0.137. The first kappa shape index (κ1) is 48.9. The van der Waals surface area contributed by atoms with Crippen LogP contribution in [0.5, 0.6) is 0 Å². The van der Waals surface area contributed by atoms with Crippen LogP contribution in [0.3, 0.4) is 0 Å². The maximum absolute atomic E-state index is 12.9. The van der Waals surface area contributed by atoms with Crippen LogP contribution in [-0.4, -0.2) is 87.5 Å². The molecule has 6 N–H and O–H groups in total. The van der Waals surface area contributed by atoms with Gasteiger partial charge >= 0.3 is 0 Å². The van der Waals surface area contributed by atoms with Crippen LogP contribution in [0.4, 0.5) is 0 Å². The third-order valence-corrected chi connectivity index (χ3v) is 10.6. The van der Waals surface area contributed by atoms with Gasteiger partial charge in [0, 0.05) is 6.42 Å². The Balaban J connectivity index is 2.34. The molecular weight excluding hydrogens is 658 g/mol. The van der Waals surface area contributed by atoms with Crippen molar-refractivity contribution < 1.29 is 39.8 Å². The third-order valence-electron chi connectivity index (χ3n) is 10.6. The number of carbonyl (C=O) groups excluding carboxylic acids is 1. The maximum atomic E-state index is 12.9. The summed E-state index contributed by atoms with van der Waals surface area (Å²) >= 11 is 0. The molecule has 1 aliphatic heterocycles. The Bertz CT molecular complexity index is 827. The van der Waals surface area contributed by atoms with Crippen LogP contribution in [0.25, 0.3) is 0 Å². The molecule has 9 nitrogen and oxygen atoms in total. The minimum Gasteiger partial charge on any atom is -0.394 e. The summed E-state index contributed by atoms with van der Waals surface area (Å²) in [4.78, 5) is 12.9. The molecule has 0 radical (unpaired) electrons. The number of amides is 1. The Morgan fingerprint density at radius 2 is 1.08 bits per heavy atom. The van der Waals surface area contributed by atoms with Crippen molar-refractivity contribution in [1.82, 2.24) is 5.32 Å². The highest BCUT2D eigenvalue weighted by Gasteiger charge is 2.44. The summed E-state index contributed by atoms with van der Waals surface area (Å²) in [5, 5.41) is 54.2. The van der Waals surface area contributed by atoms with E-state index in [0.717, 1.165) is 38.5 Å². The molecule has 1 aliphatic rings. The lowest BCUT2D eigenvalue weighted by atomic mass is 9.99. The smallest absolute Gasteiger partial charge is 0.220 e. The first-order valence-electron chi connectivity index (χ1n) is 21.9. The van der Waals surface area contributed by atoms with E-state index in [2.05, 4.69) is 31.3 Å². The third kappa shape index (κ3) is 25.1. The molecule has 1 amide bonds. The van der Waals surface area contributed by atoms with E-state index in [1.54, 1.807) is 0 Å². The average Bonchev–Trinajstić information content (AvgIpc) is 3.14. The summed E-state index contributed by atoms with van der Waals surface area (Å²) < 4.78 is 11.2. The van der Waals surface area contributed by atoms with E-state index < -0.39 is 49.5 Å². The molecule has 1 fully saturated rings. The van der Waals surface area contributed by atoms with Crippen molar-refractivity contribution in [2.45, 2.75) is 243 Å². The summed E-state index contributed by atoms with van der Waals surface area (Å²) in [6, 6.07) is -0.715. The van der Waals surface area contributed by atoms with Crippen LogP contribution in [0, 0.1) is 0 Å². The van der Waals surface area contributed by atoms with Gasteiger partial charge in [-0.1, -0.05) is 167 Å². The molecule has 7 atom stereocenters. The van der Waals surface area contributed by atoms with Crippen LogP contribution in [0.2, 0.25) is 0 Å². The van der Waals surface area contributed by atoms with Crippen molar-refractivity contribution in [3.05, 3.63) is 12.2 Å². The van der Waals surface area contributed by atoms with Crippen molar-refractivity contribution >= 4 is 5.91 Å². The first-order valence-corrected chi connectivity index (χ1v) is 21.9. The Morgan fingerprint density at radius 1 is 0.635 bits per heavy atom. The molecule has 52 heavy (non-hydrogen) atoms. The average molecular weight is 742 g/mol. The van der Waals surface area contributed by atoms with Crippen molar-refractivity contribution in [3.8, 4) is 0 Å². The molecule has 0 aliphatic carbocycles. The lowest BCUT2D eigenvalue weighted by Gasteiger charge is -2.40. The maximum Gasteiger partial charge on any atom is 0.220 e. The number of aliphatic hydroxyl groups is 5. The van der Waals surface area contributed by atoms with Crippen molar-refractivity contribution in [3.63, 3.8) is 0 Å². The number of ether oxygens (including phenoxy) is 2. The number of hydrogen-bond acceptors (Lipinski definition) is 8. The highest BCUT2D eigenvalue weighted by molar-refractivity contribution is 5.76. The number of nitrogens with one attached hydrogen (secondary N) is 1. The van der Waals surface area contributed by atoms with Gasteiger partial charge in [0.1, 0.15) is 24.4 Å². The zero-order valence-electron chi connectivity index (χ0n) is 33.6. The van der Waals surface area contributed by atoms with Gasteiger partial charge in [-0.2, -0.15) is 0 Å². The summed E-state index contributed by atoms with van der Waals surface area (Å²) in [6.07, 6.45) is 30.7. The molecule has 7 unspecified atom stereocenters. The summed E-state index contributed by atoms with van der Waals surface area (Å²) in [7, 11) is 0. The lowest BCUT2D eigenvalue weighted by Crippen LogP contribution is -2.60. The predicted octanol–water partition coefficient (Wildman–Crippen LogP) is 8.56. The Kier molecular flexibility index (Phi) is 32.4. The second-order valence-corrected chi connectivity index (χ2v) is 15.5. The Hall–Kier alpha value is -1.07. The first-order chi connectivity index (χ1) is 25.3. The molecular formula is C43H83NO8. The normalized spacial score (nSPS) is 21.9. The van der Waals surface area contributed by atoms with Gasteiger partial charge in [-0.3, -0.25) is 4.79 Å². The van der Waals surface area contributed by atoms with Crippen molar-refractivity contribution in [2.75, 3.05) is 13.2 Å². The van der Waals surface area contributed by atoms with E-state index in [4.69, 9.17) is 9.47 Å². The highest BCUT2D eigenvalue weighted by atomic mass is 16.7. The summed E-state index contributed by atoms with van der Waals surface area (Å²) in [5.41, 5.74) is 0. The predicted molar refractivity (Wildman–Crippen MR) is 212 cm³/mol. The Labute approximate surface area is 318 Å². The minimum atomic E-state index is -1.55. The van der Waals surface area contributed by atoms with Gasteiger partial charge in [0.05, 0.1) is 25.4 Å². The molecule has 9 heteroatoms. The monoisotopic (exact) mass is 742 g/mol. The molecule has 1 rings (SSSR count). The topological polar surface area (TPSA) is 149 Å². The fourth-order valence-electron chi connectivity index (χ4n) is 7.04. The van der Waals surface area contributed by atoms with Gasteiger partial charge in [-0.25, -0.2) is 0 Å². The van der Waals surface area contributed by atoms with Crippen LogP contribution in [-0.2, 0) is 14.3 Å². The SMILES string of the molecule is CCCCCCCC/C=C\CCCCCCCCCC(=O)NC(COC1OC(CO)C(O)C(O)C1O)C(O)CCCCCCCCCCCCCC. The van der Waals surface area contributed by atoms with E-state index in [0.29, 0.717) is 12.8 Å². The molecule has 1 saturated heterocycles. The molecule has 0 aromatic carbocycles. The number of allylic oxidation sites excluding steroid dienone is 2. The zero-order valence-corrected chi connectivity index (χ0v) is 33.6. The van der Waals surface area contributed by atoms with Gasteiger partial charge in [-0.05, 0) is 38.5 Å². The molecule has 0 aromatic heterocycles. The summed E-state index contributed by atoms with van der Waals surface area (Å²) in [5.74, 6) is -0.149. The molecule has 1 heterocycles. The van der Waals surface area contributed by atoms with Gasteiger partial charge in [-0.15, -0.1) is 0 Å². The van der Waals surface area contributed by atoms with Crippen molar-refractivity contribution in [2.24, 2.45) is 0 Å². The molecule has 308 valence electrons. The number of carbonyl (C=O) groups is 1. The number of unbranched alkanes of at least 4 members (excludes halogenated alkanes) is 24. The van der Waals surface area contributed by atoms with Crippen LogP contribution in [0.1, 0.15) is 200 Å². The van der Waals surface area contributed by atoms with E-state index >= 15 is 0 Å². The second-order valence-electron chi connectivity index (χ2n) is 15.5. The van der Waals surface area contributed by atoms with Crippen LogP contribution in [0.15, 0.2) is 12.2 Å². The van der Waals surface area contributed by atoms with Gasteiger partial charge in [0.25, 0.3) is 0 Å². The standard InChI is InChI=1S/C43H83NO8/c1-3-5-7-9-11-13-15-17-18-19-20-21-23-25-27-29-31-33-39(47)44-36(35-51-43-42(50)41(49)40(48)38(34-45)52-43)37(46)32-30-28-26-24-22-16-14-12-10-8-6-4-2/h17-18,36-38,40-43,45-46,48-50H,3-16,19-35H2,1-2H3,(H,44,47)/b18-17-. The largest absolute Gasteiger partial charge is 0.394 e. The quantitative estimate of drug-likeness (QED) is 0.0277. The zero-order chi connectivity index (χ0) is 38.1. The fourth-order valence-corrected chi connectivity index (χ4v) is 7.04. The molecule has 0 bridgehead atoms. The van der Waals surface area contributed by atoms with Gasteiger partial charge in [0.15, 0.2) is 6.29 Å². The van der Waals surface area contributed by atoms with E-state index in [-0.39, 0.29) is 12.5 Å². The van der Waals surface area contributed by atoms with E-state index in [1.165, 1.54) is 135 Å². The number of aliphatic hydroxyl groups excluding tert-OH is 5. The Morgan fingerprint density at radius 3 is 1.56 bits per heavy atom. The van der Waals surface area contributed by atoms with Crippen molar-refractivity contribution in [1.29, 1.82) is 0 Å². The number of rotatable bonds is 36. The second kappa shape index (κ2) is 34.4. The van der Waals surface area contributed by atoms with Gasteiger partial charge in [0.2, 0.25) is 5.91 Å². The molecule has 0 spiro atoms. The molecule has 0 saturated carbocycles. The van der Waals surface area contributed by atoms with Crippen LogP contribution < -0.4 is 5.32 Å². The van der Waals surface area contributed by atoms with E-state index in [9.17, 15) is 30.3 Å². The molecule has 0 aromatic rings. The van der Waals surface area contributed by atoms with Gasteiger partial charge < -0.3 is 40.3 Å². The fraction of sp³-hybridized carbons (Fsp3) is 0.930. The summed E-state index contributed by atoms with van der Waals surface area (Å²) in [6.45, 7) is 3.81. The number of hydrogen-bond donors (Lipinski definition) is 6. The highest BCUT2D eigenvalue weighted by Crippen LogP contribution is 2.23.